The third kappa shape index (κ3) is 3.39. The van der Waals surface area contributed by atoms with Crippen molar-refractivity contribution in [2.75, 3.05) is 11.9 Å². The molecule has 0 aromatic carbocycles. The van der Waals surface area contributed by atoms with E-state index >= 15 is 0 Å². The summed E-state index contributed by atoms with van der Waals surface area (Å²) in [6.07, 6.45) is 9.82. The van der Waals surface area contributed by atoms with Gasteiger partial charge in [0.15, 0.2) is 5.65 Å². The van der Waals surface area contributed by atoms with Gasteiger partial charge in [-0.15, -0.1) is 0 Å². The van der Waals surface area contributed by atoms with Gasteiger partial charge in [0.05, 0.1) is 12.3 Å². The second-order valence-electron chi connectivity index (χ2n) is 5.70. The van der Waals surface area contributed by atoms with Crippen molar-refractivity contribution in [2.24, 2.45) is 5.92 Å². The van der Waals surface area contributed by atoms with Crippen LogP contribution >= 0.6 is 0 Å². The molecule has 1 aliphatic carbocycles. The zero-order valence-corrected chi connectivity index (χ0v) is 12.2. The number of rotatable bonds is 4. The van der Waals surface area contributed by atoms with E-state index in [1.807, 2.05) is 0 Å². The third-order valence-corrected chi connectivity index (χ3v) is 3.89. The van der Waals surface area contributed by atoms with Crippen LogP contribution < -0.4 is 5.32 Å². The van der Waals surface area contributed by atoms with Crippen molar-refractivity contribution >= 4 is 17.2 Å². The number of nitrogens with zero attached hydrogens (tertiary/aromatic N) is 3. The number of hydrogen-bond acceptors (Lipinski definition) is 4. The molecule has 21 heavy (non-hydrogen) atoms. The number of nitrogens with one attached hydrogen (secondary N) is 1. The molecule has 2 heterocycles. The van der Waals surface area contributed by atoms with Gasteiger partial charge in [-0.25, -0.2) is 9.50 Å². The lowest BCUT2D eigenvalue weighted by atomic mass is 9.89. The van der Waals surface area contributed by atoms with E-state index in [0.717, 1.165) is 12.8 Å². The minimum absolute atomic E-state index is 0.0849. The van der Waals surface area contributed by atoms with Crippen molar-refractivity contribution < 1.29 is 9.53 Å². The maximum atomic E-state index is 12.0. The Morgan fingerprint density at radius 2 is 2.43 bits per heavy atom. The molecule has 1 fully saturated rings. The fourth-order valence-electron chi connectivity index (χ4n) is 2.83. The summed E-state index contributed by atoms with van der Waals surface area (Å²) in [5.41, 5.74) is 1.25. The van der Waals surface area contributed by atoms with Gasteiger partial charge in [-0.1, -0.05) is 19.8 Å². The van der Waals surface area contributed by atoms with E-state index in [0.29, 0.717) is 17.3 Å². The molecule has 6 heteroatoms. The zero-order valence-electron chi connectivity index (χ0n) is 12.2. The van der Waals surface area contributed by atoms with Crippen LogP contribution in [0.25, 0.3) is 5.65 Å². The number of aromatic nitrogens is 3. The average molecular weight is 288 g/mol. The highest BCUT2D eigenvalue weighted by Crippen LogP contribution is 2.25. The van der Waals surface area contributed by atoms with Gasteiger partial charge in [-0.05, 0) is 24.8 Å². The molecule has 1 saturated carbocycles. The first kappa shape index (κ1) is 14.0. The minimum Gasteiger partial charge on any atom is -0.368 e. The van der Waals surface area contributed by atoms with Crippen molar-refractivity contribution in [3.8, 4) is 0 Å². The van der Waals surface area contributed by atoms with Crippen LogP contribution in [0.15, 0.2) is 24.7 Å². The van der Waals surface area contributed by atoms with Crippen LogP contribution in [0.3, 0.4) is 0 Å². The summed E-state index contributed by atoms with van der Waals surface area (Å²) < 4.78 is 7.34. The van der Waals surface area contributed by atoms with Crippen LogP contribution in [0, 0.1) is 5.92 Å². The first-order valence-corrected chi connectivity index (χ1v) is 7.42. The van der Waals surface area contributed by atoms with Gasteiger partial charge in [0.1, 0.15) is 12.3 Å². The summed E-state index contributed by atoms with van der Waals surface area (Å²) in [6, 6.07) is 1.79. The molecule has 0 saturated heterocycles. The summed E-state index contributed by atoms with van der Waals surface area (Å²) >= 11 is 0. The number of ether oxygens (including phenoxy) is 1. The second-order valence-corrected chi connectivity index (χ2v) is 5.70. The molecule has 0 aliphatic heterocycles. The lowest BCUT2D eigenvalue weighted by Gasteiger charge is -2.26. The molecular formula is C15H20N4O2. The normalized spacial score (nSPS) is 22.3. The lowest BCUT2D eigenvalue weighted by molar-refractivity contribution is -0.123. The standard InChI is InChI=1S/C15H20N4O2/c1-11-4-2-5-12(8-11)21-10-14(20)18-13-9-17-19-7-3-6-16-15(13)19/h3,6-7,9,11-12H,2,4-5,8,10H2,1H3,(H,18,20). The number of amides is 1. The van der Waals surface area contributed by atoms with Crippen molar-refractivity contribution in [1.82, 2.24) is 14.6 Å². The molecule has 3 rings (SSSR count). The first-order valence-electron chi connectivity index (χ1n) is 7.42. The fourth-order valence-corrected chi connectivity index (χ4v) is 2.83. The highest BCUT2D eigenvalue weighted by molar-refractivity contribution is 5.94. The number of hydrogen-bond donors (Lipinski definition) is 1. The van der Waals surface area contributed by atoms with E-state index in [4.69, 9.17) is 4.74 Å². The van der Waals surface area contributed by atoms with Crippen LogP contribution in [0.2, 0.25) is 0 Å². The predicted octanol–water partition coefficient (Wildman–Crippen LogP) is 2.26. The van der Waals surface area contributed by atoms with E-state index in [9.17, 15) is 4.79 Å². The third-order valence-electron chi connectivity index (χ3n) is 3.89. The summed E-state index contributed by atoms with van der Waals surface area (Å²) in [5.74, 6) is 0.532. The van der Waals surface area contributed by atoms with Gasteiger partial charge in [-0.2, -0.15) is 5.10 Å². The molecule has 0 spiro atoms. The second kappa shape index (κ2) is 6.22. The molecule has 2 aromatic rings. The molecule has 112 valence electrons. The molecule has 1 N–H and O–H groups in total. The first-order chi connectivity index (χ1) is 10.2. The topological polar surface area (TPSA) is 68.5 Å². The van der Waals surface area contributed by atoms with Gasteiger partial charge in [0.2, 0.25) is 0 Å². The smallest absolute Gasteiger partial charge is 0.250 e. The van der Waals surface area contributed by atoms with Gasteiger partial charge in [0.25, 0.3) is 5.91 Å². The Bertz CT molecular complexity index is 625. The van der Waals surface area contributed by atoms with Crippen LogP contribution in [0.5, 0.6) is 0 Å². The van der Waals surface area contributed by atoms with Crippen molar-refractivity contribution in [2.45, 2.75) is 38.7 Å². The molecule has 2 aromatic heterocycles. The summed E-state index contributed by atoms with van der Waals surface area (Å²) in [6.45, 7) is 2.32. The molecule has 2 atom stereocenters. The van der Waals surface area contributed by atoms with Crippen LogP contribution in [0.4, 0.5) is 5.69 Å². The van der Waals surface area contributed by atoms with Crippen molar-refractivity contribution in [3.63, 3.8) is 0 Å². The summed E-state index contributed by atoms with van der Waals surface area (Å²) in [5, 5.41) is 6.94. The fraction of sp³-hybridized carbons (Fsp3) is 0.533. The Labute approximate surface area is 123 Å². The molecule has 1 aliphatic rings. The van der Waals surface area contributed by atoms with E-state index in [1.54, 1.807) is 29.2 Å². The number of fused-ring (bicyclic) bond motifs is 1. The van der Waals surface area contributed by atoms with Crippen molar-refractivity contribution in [1.29, 1.82) is 0 Å². The highest BCUT2D eigenvalue weighted by Gasteiger charge is 2.20. The number of anilines is 1. The van der Waals surface area contributed by atoms with E-state index < -0.39 is 0 Å². The summed E-state index contributed by atoms with van der Waals surface area (Å²) in [4.78, 5) is 16.2. The van der Waals surface area contributed by atoms with Gasteiger partial charge in [-0.3, -0.25) is 4.79 Å². The lowest BCUT2D eigenvalue weighted by Crippen LogP contribution is -2.26. The molecular weight excluding hydrogens is 268 g/mol. The van der Waals surface area contributed by atoms with Crippen LogP contribution in [-0.4, -0.2) is 33.2 Å². The quantitative estimate of drug-likeness (QED) is 0.937. The Morgan fingerprint density at radius 3 is 3.29 bits per heavy atom. The number of carbonyl (C=O) groups excluding carboxylic acids is 1. The molecule has 6 nitrogen and oxygen atoms in total. The SMILES string of the molecule is CC1CCCC(OCC(=O)Nc2cnn3cccnc23)C1. The molecule has 1 amide bonds. The minimum atomic E-state index is -0.159. The van der Waals surface area contributed by atoms with Crippen molar-refractivity contribution in [3.05, 3.63) is 24.7 Å². The average Bonchev–Trinajstić information content (AvgIpc) is 2.89. The molecule has 0 bridgehead atoms. The Morgan fingerprint density at radius 1 is 1.52 bits per heavy atom. The molecule has 2 unspecified atom stereocenters. The monoisotopic (exact) mass is 288 g/mol. The highest BCUT2D eigenvalue weighted by atomic mass is 16.5. The van der Waals surface area contributed by atoms with E-state index in [1.165, 1.54) is 12.8 Å². The van der Waals surface area contributed by atoms with Crippen LogP contribution in [0.1, 0.15) is 32.6 Å². The summed E-state index contributed by atoms with van der Waals surface area (Å²) in [7, 11) is 0. The van der Waals surface area contributed by atoms with Gasteiger partial charge in [0, 0.05) is 12.4 Å². The Balaban J connectivity index is 1.54. The van der Waals surface area contributed by atoms with Crippen LogP contribution in [-0.2, 0) is 9.53 Å². The van der Waals surface area contributed by atoms with Gasteiger partial charge >= 0.3 is 0 Å². The maximum Gasteiger partial charge on any atom is 0.250 e. The maximum absolute atomic E-state index is 12.0. The van der Waals surface area contributed by atoms with E-state index in [2.05, 4.69) is 22.3 Å². The van der Waals surface area contributed by atoms with E-state index in [-0.39, 0.29) is 18.6 Å². The largest absolute Gasteiger partial charge is 0.368 e. The number of carbonyl (C=O) groups is 1. The molecule has 0 radical (unpaired) electrons. The van der Waals surface area contributed by atoms with Gasteiger partial charge < -0.3 is 10.1 Å². The predicted molar refractivity (Wildman–Crippen MR) is 79.0 cm³/mol. The Hall–Kier alpha value is -1.95. The zero-order chi connectivity index (χ0) is 14.7. The Kier molecular flexibility index (Phi) is 4.15.